The second kappa shape index (κ2) is 4.96. The van der Waals surface area contributed by atoms with E-state index in [0.29, 0.717) is 22.8 Å². The molecule has 0 spiro atoms. The number of amides is 1. The van der Waals surface area contributed by atoms with Crippen molar-refractivity contribution in [2.24, 2.45) is 11.1 Å². The Bertz CT molecular complexity index is 442. The van der Waals surface area contributed by atoms with Crippen LogP contribution in [0.15, 0.2) is 18.3 Å². The first-order chi connectivity index (χ1) is 8.48. The predicted octanol–water partition coefficient (Wildman–Crippen LogP) is 2.56. The fourth-order valence-electron chi connectivity index (χ4n) is 2.73. The fraction of sp³-hybridized carbons (Fsp3) is 0.571. The van der Waals surface area contributed by atoms with Crippen LogP contribution in [0.25, 0.3) is 0 Å². The molecular formula is C14H21N3O. The molecule has 1 aliphatic rings. The molecule has 0 aliphatic heterocycles. The third-order valence-electron chi connectivity index (χ3n) is 3.62. The maximum Gasteiger partial charge on any atom is 0.252 e. The molecule has 4 heteroatoms. The van der Waals surface area contributed by atoms with E-state index in [2.05, 4.69) is 24.1 Å². The first-order valence-electron chi connectivity index (χ1n) is 6.49. The van der Waals surface area contributed by atoms with Crippen LogP contribution in [-0.4, -0.2) is 16.9 Å². The van der Waals surface area contributed by atoms with Gasteiger partial charge in [0.2, 0.25) is 0 Å². The molecule has 1 atom stereocenters. The Kier molecular flexibility index (Phi) is 3.55. The molecule has 0 saturated heterocycles. The highest BCUT2D eigenvalue weighted by atomic mass is 16.1. The van der Waals surface area contributed by atoms with Gasteiger partial charge in [-0.2, -0.15) is 0 Å². The second-order valence-corrected chi connectivity index (χ2v) is 5.87. The van der Waals surface area contributed by atoms with Gasteiger partial charge >= 0.3 is 0 Å². The fourth-order valence-corrected chi connectivity index (χ4v) is 2.73. The molecule has 0 radical (unpaired) electrons. The summed E-state index contributed by atoms with van der Waals surface area (Å²) in [4.78, 5) is 15.6. The Hall–Kier alpha value is -1.58. The predicted molar refractivity (Wildman–Crippen MR) is 72.4 cm³/mol. The molecule has 0 aromatic carbocycles. The third kappa shape index (κ3) is 3.00. The van der Waals surface area contributed by atoms with Crippen LogP contribution in [0.3, 0.4) is 0 Å². The highest BCUT2D eigenvalue weighted by Gasteiger charge is 2.28. The molecule has 0 bridgehead atoms. The van der Waals surface area contributed by atoms with Gasteiger partial charge in [0.15, 0.2) is 0 Å². The quantitative estimate of drug-likeness (QED) is 0.862. The molecule has 1 unspecified atom stereocenters. The van der Waals surface area contributed by atoms with Gasteiger partial charge in [-0.25, -0.2) is 4.98 Å². The van der Waals surface area contributed by atoms with Crippen molar-refractivity contribution in [3.63, 3.8) is 0 Å². The van der Waals surface area contributed by atoms with E-state index in [9.17, 15) is 4.79 Å². The molecular weight excluding hydrogens is 226 g/mol. The second-order valence-electron chi connectivity index (χ2n) is 5.87. The van der Waals surface area contributed by atoms with Crippen molar-refractivity contribution in [3.8, 4) is 0 Å². The van der Waals surface area contributed by atoms with E-state index < -0.39 is 5.91 Å². The summed E-state index contributed by atoms with van der Waals surface area (Å²) in [6, 6.07) is 3.82. The van der Waals surface area contributed by atoms with Gasteiger partial charge in [0.1, 0.15) is 5.82 Å². The zero-order valence-electron chi connectivity index (χ0n) is 11.1. The number of nitrogens with one attached hydrogen (secondary N) is 1. The third-order valence-corrected chi connectivity index (χ3v) is 3.62. The van der Waals surface area contributed by atoms with Crippen LogP contribution in [0.4, 0.5) is 5.82 Å². The van der Waals surface area contributed by atoms with Crippen LogP contribution < -0.4 is 11.1 Å². The number of anilines is 1. The van der Waals surface area contributed by atoms with Crippen molar-refractivity contribution in [1.29, 1.82) is 0 Å². The first kappa shape index (κ1) is 12.9. The molecule has 1 aliphatic carbocycles. The number of nitrogens with zero attached hydrogens (tertiary/aromatic N) is 1. The molecule has 1 aromatic rings. The number of pyridine rings is 1. The lowest BCUT2D eigenvalue weighted by atomic mass is 9.75. The van der Waals surface area contributed by atoms with Crippen molar-refractivity contribution in [1.82, 2.24) is 4.98 Å². The Morgan fingerprint density at radius 2 is 2.33 bits per heavy atom. The highest BCUT2D eigenvalue weighted by molar-refractivity contribution is 5.97. The van der Waals surface area contributed by atoms with E-state index in [1.807, 2.05) is 0 Å². The van der Waals surface area contributed by atoms with Gasteiger partial charge < -0.3 is 11.1 Å². The Morgan fingerprint density at radius 1 is 1.56 bits per heavy atom. The smallest absolute Gasteiger partial charge is 0.252 e. The van der Waals surface area contributed by atoms with Crippen LogP contribution in [0.5, 0.6) is 0 Å². The van der Waals surface area contributed by atoms with E-state index in [-0.39, 0.29) is 0 Å². The maximum atomic E-state index is 11.3. The lowest BCUT2D eigenvalue weighted by molar-refractivity contribution is 0.100. The summed E-state index contributed by atoms with van der Waals surface area (Å²) < 4.78 is 0. The normalized spacial score (nSPS) is 22.4. The van der Waals surface area contributed by atoms with Gasteiger partial charge in [0, 0.05) is 12.2 Å². The van der Waals surface area contributed by atoms with Crippen molar-refractivity contribution < 1.29 is 4.79 Å². The number of hydrogen-bond donors (Lipinski definition) is 2. The minimum Gasteiger partial charge on any atom is -0.367 e. The van der Waals surface area contributed by atoms with Gasteiger partial charge in [0.25, 0.3) is 5.91 Å². The van der Waals surface area contributed by atoms with Crippen molar-refractivity contribution in [2.75, 3.05) is 5.32 Å². The summed E-state index contributed by atoms with van der Waals surface area (Å²) in [5.74, 6) is 0.188. The molecule has 1 heterocycles. The zero-order chi connectivity index (χ0) is 13.2. The first-order valence-corrected chi connectivity index (χ1v) is 6.49. The van der Waals surface area contributed by atoms with Crippen LogP contribution >= 0.6 is 0 Å². The van der Waals surface area contributed by atoms with E-state index in [1.165, 1.54) is 12.8 Å². The standard InChI is InChI=1S/C14H21N3O/c1-14(2)7-3-5-10(9-14)17-13-11(12(15)18)6-4-8-16-13/h4,6,8,10H,3,5,7,9H2,1-2H3,(H2,15,18)(H,16,17). The lowest BCUT2D eigenvalue weighted by Crippen LogP contribution is -2.32. The Labute approximate surface area is 108 Å². The summed E-state index contributed by atoms with van der Waals surface area (Å²) in [7, 11) is 0. The average molecular weight is 247 g/mol. The van der Waals surface area contributed by atoms with E-state index in [0.717, 1.165) is 12.8 Å². The van der Waals surface area contributed by atoms with Gasteiger partial charge in [-0.1, -0.05) is 20.3 Å². The molecule has 18 heavy (non-hydrogen) atoms. The molecule has 98 valence electrons. The number of aromatic nitrogens is 1. The highest BCUT2D eigenvalue weighted by Crippen LogP contribution is 2.36. The van der Waals surface area contributed by atoms with Crippen molar-refractivity contribution in [3.05, 3.63) is 23.9 Å². The average Bonchev–Trinajstić information content (AvgIpc) is 2.28. The van der Waals surface area contributed by atoms with E-state index >= 15 is 0 Å². The van der Waals surface area contributed by atoms with Gasteiger partial charge in [-0.3, -0.25) is 4.79 Å². The summed E-state index contributed by atoms with van der Waals surface area (Å²) in [5.41, 5.74) is 6.19. The summed E-state index contributed by atoms with van der Waals surface area (Å²) >= 11 is 0. The molecule has 1 saturated carbocycles. The number of carbonyl (C=O) groups excluding carboxylic acids is 1. The molecule has 1 fully saturated rings. The summed E-state index contributed by atoms with van der Waals surface area (Å²) in [5, 5.41) is 3.37. The number of carbonyl (C=O) groups is 1. The van der Waals surface area contributed by atoms with Crippen LogP contribution in [-0.2, 0) is 0 Å². The zero-order valence-corrected chi connectivity index (χ0v) is 11.1. The molecule has 2 rings (SSSR count). The SMILES string of the molecule is CC1(C)CCCC(Nc2ncccc2C(N)=O)C1. The monoisotopic (exact) mass is 247 g/mol. The van der Waals surface area contributed by atoms with Gasteiger partial charge in [-0.05, 0) is 36.8 Å². The number of hydrogen-bond acceptors (Lipinski definition) is 3. The van der Waals surface area contributed by atoms with E-state index in [4.69, 9.17) is 5.73 Å². The largest absolute Gasteiger partial charge is 0.367 e. The van der Waals surface area contributed by atoms with Crippen LogP contribution in [0, 0.1) is 5.41 Å². The Morgan fingerprint density at radius 3 is 3.00 bits per heavy atom. The van der Waals surface area contributed by atoms with Crippen LogP contribution in [0.2, 0.25) is 0 Å². The van der Waals surface area contributed by atoms with Crippen molar-refractivity contribution >= 4 is 11.7 Å². The molecule has 1 aromatic heterocycles. The minimum absolute atomic E-state index is 0.359. The Balaban J connectivity index is 2.12. The molecule has 4 nitrogen and oxygen atoms in total. The summed E-state index contributed by atoms with van der Waals surface area (Å²) in [6.07, 6.45) is 6.38. The summed E-state index contributed by atoms with van der Waals surface area (Å²) in [6.45, 7) is 4.57. The van der Waals surface area contributed by atoms with Crippen LogP contribution in [0.1, 0.15) is 49.9 Å². The van der Waals surface area contributed by atoms with E-state index in [1.54, 1.807) is 18.3 Å². The van der Waals surface area contributed by atoms with Gasteiger partial charge in [0.05, 0.1) is 5.56 Å². The molecule has 3 N–H and O–H groups in total. The topological polar surface area (TPSA) is 68.0 Å². The molecule has 1 amide bonds. The number of primary amides is 1. The number of nitrogens with two attached hydrogens (primary N) is 1. The van der Waals surface area contributed by atoms with Gasteiger partial charge in [-0.15, -0.1) is 0 Å². The van der Waals surface area contributed by atoms with Crippen molar-refractivity contribution in [2.45, 2.75) is 45.6 Å². The number of rotatable bonds is 3. The maximum absolute atomic E-state index is 11.3. The minimum atomic E-state index is -0.430. The lowest BCUT2D eigenvalue weighted by Gasteiger charge is -2.36.